The average molecular weight is 239 g/mol. The van der Waals surface area contributed by atoms with E-state index >= 15 is 0 Å². The lowest BCUT2D eigenvalue weighted by Crippen LogP contribution is -2.03. The first-order valence-corrected chi connectivity index (χ1v) is 5.91. The van der Waals surface area contributed by atoms with Gasteiger partial charge in [0.1, 0.15) is 0 Å². The number of hydrogen-bond donors (Lipinski definition) is 0. The lowest BCUT2D eigenvalue weighted by Gasteiger charge is -2.03. The van der Waals surface area contributed by atoms with Crippen molar-refractivity contribution in [2.45, 2.75) is 20.1 Å². The number of hydrogen-bond acceptors (Lipinski definition) is 3. The monoisotopic (exact) mass is 239 g/mol. The highest BCUT2D eigenvalue weighted by molar-refractivity contribution is 6.08. The van der Waals surface area contributed by atoms with E-state index in [1.807, 2.05) is 37.3 Å². The summed E-state index contributed by atoms with van der Waals surface area (Å²) in [5, 5.41) is 0. The topological polar surface area (TPSA) is 39.2 Å². The van der Waals surface area contributed by atoms with E-state index in [4.69, 9.17) is 4.74 Å². The maximum atomic E-state index is 12.3. The van der Waals surface area contributed by atoms with Crippen LogP contribution in [0.25, 0.3) is 0 Å². The number of rotatable bonds is 2. The molecule has 1 aliphatic heterocycles. The predicted octanol–water partition coefficient (Wildman–Crippen LogP) is 2.65. The van der Waals surface area contributed by atoms with Gasteiger partial charge in [-0.1, -0.05) is 12.1 Å². The summed E-state index contributed by atoms with van der Waals surface area (Å²) in [5.74, 6) is 0.0113. The molecule has 0 aliphatic carbocycles. The van der Waals surface area contributed by atoms with Gasteiger partial charge in [-0.3, -0.25) is 9.78 Å². The molecule has 0 amide bonds. The number of carbonyl (C=O) groups excluding carboxylic acids is 1. The quantitative estimate of drug-likeness (QED) is 0.756. The number of carbonyl (C=O) groups is 1. The van der Waals surface area contributed by atoms with Crippen molar-refractivity contribution in [2.24, 2.45) is 0 Å². The minimum absolute atomic E-state index is 0.0113. The predicted molar refractivity (Wildman–Crippen MR) is 67.3 cm³/mol. The number of ketones is 1. The van der Waals surface area contributed by atoms with Gasteiger partial charge in [0.2, 0.25) is 0 Å². The molecule has 0 N–H and O–H groups in total. The third-order valence-electron chi connectivity index (χ3n) is 3.16. The van der Waals surface area contributed by atoms with Crippen LogP contribution in [0.2, 0.25) is 0 Å². The molecule has 1 aliphatic rings. The summed E-state index contributed by atoms with van der Waals surface area (Å²) in [7, 11) is 0. The van der Waals surface area contributed by atoms with Crippen LogP contribution in [0.3, 0.4) is 0 Å². The Balaban J connectivity index is 1.95. The molecule has 0 spiro atoms. The molecule has 2 heterocycles. The van der Waals surface area contributed by atoms with E-state index in [1.165, 1.54) is 5.56 Å². The molecular formula is C15H13NO2. The highest BCUT2D eigenvalue weighted by Gasteiger charge is 2.15. The second kappa shape index (κ2) is 4.35. The van der Waals surface area contributed by atoms with Crippen molar-refractivity contribution in [2.75, 3.05) is 0 Å². The lowest BCUT2D eigenvalue weighted by molar-refractivity contribution is 0.103. The van der Waals surface area contributed by atoms with Crippen LogP contribution in [-0.4, -0.2) is 10.8 Å². The van der Waals surface area contributed by atoms with Crippen molar-refractivity contribution in [1.82, 2.24) is 4.98 Å². The molecule has 0 unspecified atom stereocenters. The summed E-state index contributed by atoms with van der Waals surface area (Å²) in [6.45, 7) is 3.15. The largest absolute Gasteiger partial charge is 0.372 e. The first-order valence-electron chi connectivity index (χ1n) is 5.91. The van der Waals surface area contributed by atoms with E-state index in [-0.39, 0.29) is 5.78 Å². The molecule has 2 aromatic rings. The fourth-order valence-corrected chi connectivity index (χ4v) is 2.08. The van der Waals surface area contributed by atoms with E-state index in [2.05, 4.69) is 4.98 Å². The second-order valence-corrected chi connectivity index (χ2v) is 4.49. The zero-order valence-corrected chi connectivity index (χ0v) is 10.1. The molecule has 0 saturated carbocycles. The molecule has 3 heteroatoms. The molecule has 18 heavy (non-hydrogen) atoms. The van der Waals surface area contributed by atoms with Gasteiger partial charge < -0.3 is 4.74 Å². The van der Waals surface area contributed by atoms with E-state index in [1.54, 1.807) is 6.20 Å². The minimum atomic E-state index is 0.0113. The van der Waals surface area contributed by atoms with Crippen molar-refractivity contribution >= 4 is 5.78 Å². The molecule has 1 aromatic carbocycles. The van der Waals surface area contributed by atoms with E-state index in [9.17, 15) is 4.79 Å². The zero-order chi connectivity index (χ0) is 12.5. The van der Waals surface area contributed by atoms with Gasteiger partial charge >= 0.3 is 0 Å². The van der Waals surface area contributed by atoms with Gasteiger partial charge in [0.15, 0.2) is 5.78 Å². The van der Waals surface area contributed by atoms with Crippen molar-refractivity contribution in [3.63, 3.8) is 0 Å². The standard InChI is InChI=1S/C15H13NO2/c1-10-2-3-12(7-16-10)15(17)11-4-5-13-8-18-9-14(13)6-11/h2-7H,8-9H2,1H3. The number of nitrogens with zero attached hydrogens (tertiary/aromatic N) is 1. The number of pyridine rings is 1. The number of benzene rings is 1. The van der Waals surface area contributed by atoms with Gasteiger partial charge in [-0.05, 0) is 36.2 Å². The summed E-state index contributed by atoms with van der Waals surface area (Å²) < 4.78 is 5.35. The van der Waals surface area contributed by atoms with Crippen LogP contribution >= 0.6 is 0 Å². The van der Waals surface area contributed by atoms with Gasteiger partial charge in [-0.25, -0.2) is 0 Å². The first kappa shape index (κ1) is 11.1. The van der Waals surface area contributed by atoms with Crippen LogP contribution in [0.5, 0.6) is 0 Å². The van der Waals surface area contributed by atoms with Crippen LogP contribution in [-0.2, 0) is 18.0 Å². The fourth-order valence-electron chi connectivity index (χ4n) is 2.08. The highest BCUT2D eigenvalue weighted by atomic mass is 16.5. The maximum Gasteiger partial charge on any atom is 0.194 e. The molecule has 3 nitrogen and oxygen atoms in total. The highest BCUT2D eigenvalue weighted by Crippen LogP contribution is 2.22. The number of ether oxygens (including phenoxy) is 1. The van der Waals surface area contributed by atoms with Crippen LogP contribution in [0.1, 0.15) is 32.7 Å². The minimum Gasteiger partial charge on any atom is -0.372 e. The van der Waals surface area contributed by atoms with Crippen LogP contribution in [0.15, 0.2) is 36.5 Å². The van der Waals surface area contributed by atoms with Gasteiger partial charge in [-0.2, -0.15) is 0 Å². The van der Waals surface area contributed by atoms with E-state index in [0.717, 1.165) is 11.3 Å². The molecule has 0 atom stereocenters. The smallest absolute Gasteiger partial charge is 0.194 e. The van der Waals surface area contributed by atoms with Crippen LogP contribution < -0.4 is 0 Å². The number of fused-ring (bicyclic) bond motifs is 1. The summed E-state index contributed by atoms with van der Waals surface area (Å²) in [6.07, 6.45) is 1.63. The fraction of sp³-hybridized carbons (Fsp3) is 0.200. The Morgan fingerprint density at radius 3 is 2.67 bits per heavy atom. The lowest BCUT2D eigenvalue weighted by atomic mass is 10.0. The van der Waals surface area contributed by atoms with Crippen molar-refractivity contribution in [3.05, 3.63) is 64.5 Å². The van der Waals surface area contributed by atoms with Crippen molar-refractivity contribution < 1.29 is 9.53 Å². The molecule has 90 valence electrons. The third kappa shape index (κ3) is 1.93. The third-order valence-corrected chi connectivity index (χ3v) is 3.16. The summed E-state index contributed by atoms with van der Waals surface area (Å²) in [4.78, 5) is 16.4. The molecule has 0 bridgehead atoms. The van der Waals surface area contributed by atoms with Crippen LogP contribution in [0, 0.1) is 6.92 Å². The Labute approximate surface area is 105 Å². The summed E-state index contributed by atoms with van der Waals surface area (Å²) in [5.41, 5.74) is 4.52. The molecule has 0 fully saturated rings. The SMILES string of the molecule is Cc1ccc(C(=O)c2ccc3c(c2)COC3)cn1. The first-order chi connectivity index (χ1) is 8.74. The Morgan fingerprint density at radius 2 is 1.89 bits per heavy atom. The van der Waals surface area contributed by atoms with Crippen molar-refractivity contribution in [3.8, 4) is 0 Å². The summed E-state index contributed by atoms with van der Waals surface area (Å²) in [6, 6.07) is 9.41. The number of aryl methyl sites for hydroxylation is 1. The number of aromatic nitrogens is 1. The summed E-state index contributed by atoms with van der Waals surface area (Å²) >= 11 is 0. The Kier molecular flexibility index (Phi) is 2.68. The molecule has 0 radical (unpaired) electrons. The Bertz CT molecular complexity index is 602. The van der Waals surface area contributed by atoms with Gasteiger partial charge in [0.25, 0.3) is 0 Å². The molecule has 3 rings (SSSR count). The van der Waals surface area contributed by atoms with Gasteiger partial charge in [-0.15, -0.1) is 0 Å². The maximum absolute atomic E-state index is 12.3. The van der Waals surface area contributed by atoms with Gasteiger partial charge in [0, 0.05) is 23.0 Å². The Morgan fingerprint density at radius 1 is 1.11 bits per heavy atom. The zero-order valence-electron chi connectivity index (χ0n) is 10.1. The van der Waals surface area contributed by atoms with Gasteiger partial charge in [0.05, 0.1) is 13.2 Å². The van der Waals surface area contributed by atoms with E-state index in [0.29, 0.717) is 24.3 Å². The molecule has 0 saturated heterocycles. The normalized spacial score (nSPS) is 13.4. The molecule has 1 aromatic heterocycles. The Hall–Kier alpha value is -2.00. The van der Waals surface area contributed by atoms with E-state index < -0.39 is 0 Å². The average Bonchev–Trinajstić information content (AvgIpc) is 2.86. The van der Waals surface area contributed by atoms with Crippen LogP contribution in [0.4, 0.5) is 0 Å². The second-order valence-electron chi connectivity index (χ2n) is 4.49. The van der Waals surface area contributed by atoms with Crippen molar-refractivity contribution in [1.29, 1.82) is 0 Å². The molecular weight excluding hydrogens is 226 g/mol.